The summed E-state index contributed by atoms with van der Waals surface area (Å²) < 4.78 is 22.5. The van der Waals surface area contributed by atoms with Gasteiger partial charge in [0.05, 0.1) is 76.5 Å². The largest absolute Gasteiger partial charge is 0.496 e. The highest BCUT2D eigenvalue weighted by atomic mass is 16.5. The van der Waals surface area contributed by atoms with Crippen LogP contribution in [0.3, 0.4) is 0 Å². The maximum Gasteiger partial charge on any atom is 0.195 e. The summed E-state index contributed by atoms with van der Waals surface area (Å²) in [5.41, 5.74) is 13.5. The van der Waals surface area contributed by atoms with Gasteiger partial charge in [-0.15, -0.1) is 0 Å². The SMILES string of the molecule is COc1cc2c(cc1-c1c(C)noc1C)[nH]c1nc(C=O)nc(-c3ccnc4ccccc34)c12.COc1cc2c(cc1-c1c(C)noc1C)[nH]c1nc(CN(C)C)nc(-c3ccnc4ccccc34)c12. The first-order chi connectivity index (χ1) is 34.0. The fraction of sp³-hybridized carbons (Fsp3) is 0.167. The summed E-state index contributed by atoms with van der Waals surface area (Å²) in [6.07, 6.45) is 4.24. The van der Waals surface area contributed by atoms with Crippen molar-refractivity contribution < 1.29 is 23.3 Å². The van der Waals surface area contributed by atoms with E-state index in [1.807, 2.05) is 115 Å². The van der Waals surface area contributed by atoms with E-state index < -0.39 is 0 Å². The molecule has 12 aromatic rings. The van der Waals surface area contributed by atoms with Gasteiger partial charge in [-0.3, -0.25) is 14.8 Å². The standard InChI is InChI=1S/C28H26N6O2.C26H19N5O3/c1-15-25(16(2)36-33-15)20-12-22-19(13-23(20)35-5)26-27(31-24(14-34(3)4)32-28(26)30-22)18-10-11-29-21-9-7-6-8-17(18)21;1-13-23(14(2)34-31-13)18-10-20-17(11-21(18)33-3)24-25(29-22(12-32)30-26(24)28-20)16-8-9-27-19-7-5-4-6-15(16)19/h6-13H,14H2,1-5H3,(H,30,31,32);4-12H,1-3H3,(H,28,29,30). The van der Waals surface area contributed by atoms with Gasteiger partial charge in [-0.25, -0.2) is 19.9 Å². The number of para-hydroxylation sites is 2. The third-order valence-corrected chi connectivity index (χ3v) is 12.6. The minimum atomic E-state index is 0.105. The Balaban J connectivity index is 0.000000153. The molecular formula is C54H45N11O5. The number of nitrogens with one attached hydrogen (secondary N) is 2. The average Bonchev–Trinajstić information content (AvgIpc) is 4.12. The van der Waals surface area contributed by atoms with E-state index in [0.717, 1.165) is 128 Å². The van der Waals surface area contributed by atoms with Gasteiger partial charge >= 0.3 is 0 Å². The molecule has 16 heteroatoms. The molecule has 2 N–H and O–H groups in total. The number of fused-ring (bicyclic) bond motifs is 8. The molecule has 70 heavy (non-hydrogen) atoms. The number of H-pyrrole nitrogens is 2. The number of aromatic amines is 2. The van der Waals surface area contributed by atoms with Crippen LogP contribution in [0, 0.1) is 27.7 Å². The second-order valence-corrected chi connectivity index (χ2v) is 17.3. The number of hydrogen-bond donors (Lipinski definition) is 2. The van der Waals surface area contributed by atoms with Crippen molar-refractivity contribution in [2.24, 2.45) is 0 Å². The number of aryl methyl sites for hydroxylation is 4. The predicted molar refractivity (Wildman–Crippen MR) is 270 cm³/mol. The molecule has 0 saturated heterocycles. The van der Waals surface area contributed by atoms with Crippen molar-refractivity contribution in [1.82, 2.24) is 55.1 Å². The van der Waals surface area contributed by atoms with Gasteiger partial charge in [-0.2, -0.15) is 0 Å². The van der Waals surface area contributed by atoms with Gasteiger partial charge in [0.2, 0.25) is 0 Å². The van der Waals surface area contributed by atoms with E-state index in [2.05, 4.69) is 63.3 Å². The van der Waals surface area contributed by atoms with E-state index in [-0.39, 0.29) is 5.82 Å². The molecule has 0 atom stereocenters. The number of hydrogen-bond acceptors (Lipinski definition) is 14. The van der Waals surface area contributed by atoms with Crippen LogP contribution in [0.15, 0.2) is 106 Å². The van der Waals surface area contributed by atoms with Crippen LogP contribution in [0.2, 0.25) is 0 Å². The number of ether oxygens (including phenoxy) is 2. The number of rotatable bonds is 9. The maximum atomic E-state index is 11.7. The molecule has 8 heterocycles. The van der Waals surface area contributed by atoms with Crippen LogP contribution in [0.5, 0.6) is 11.5 Å². The van der Waals surface area contributed by atoms with Crippen molar-refractivity contribution in [1.29, 1.82) is 0 Å². The van der Waals surface area contributed by atoms with Crippen molar-refractivity contribution in [3.05, 3.63) is 132 Å². The van der Waals surface area contributed by atoms with E-state index >= 15 is 0 Å². The van der Waals surface area contributed by atoms with Gasteiger partial charge in [-0.1, -0.05) is 46.7 Å². The van der Waals surface area contributed by atoms with Crippen LogP contribution < -0.4 is 9.47 Å². The first-order valence-corrected chi connectivity index (χ1v) is 22.5. The molecule has 0 unspecified atom stereocenters. The fourth-order valence-electron chi connectivity index (χ4n) is 9.58. The fourth-order valence-corrected chi connectivity index (χ4v) is 9.58. The smallest absolute Gasteiger partial charge is 0.195 e. The minimum Gasteiger partial charge on any atom is -0.496 e. The van der Waals surface area contributed by atoms with Crippen molar-refractivity contribution in [3.63, 3.8) is 0 Å². The Morgan fingerprint density at radius 1 is 0.586 bits per heavy atom. The zero-order valence-electron chi connectivity index (χ0n) is 39.6. The Morgan fingerprint density at radius 2 is 1.07 bits per heavy atom. The van der Waals surface area contributed by atoms with Gasteiger partial charge < -0.3 is 33.4 Å². The summed E-state index contributed by atoms with van der Waals surface area (Å²) in [5, 5.41) is 13.8. The third kappa shape index (κ3) is 7.32. The van der Waals surface area contributed by atoms with Gasteiger partial charge in [0.15, 0.2) is 12.1 Å². The summed E-state index contributed by atoms with van der Waals surface area (Å²) in [4.78, 5) is 48.8. The van der Waals surface area contributed by atoms with Crippen LogP contribution in [-0.2, 0) is 6.54 Å². The predicted octanol–water partition coefficient (Wildman–Crippen LogP) is 11.1. The van der Waals surface area contributed by atoms with Gasteiger partial charge in [-0.05, 0) is 90.3 Å². The number of aromatic nitrogens is 10. The second-order valence-electron chi connectivity index (χ2n) is 17.3. The Kier molecular flexibility index (Phi) is 10.8. The lowest BCUT2D eigenvalue weighted by Gasteiger charge is -2.12. The van der Waals surface area contributed by atoms with E-state index in [0.29, 0.717) is 35.7 Å². The number of pyridine rings is 2. The van der Waals surface area contributed by atoms with E-state index in [4.69, 9.17) is 28.5 Å². The van der Waals surface area contributed by atoms with Crippen molar-refractivity contribution in [2.45, 2.75) is 34.2 Å². The lowest BCUT2D eigenvalue weighted by molar-refractivity contribution is 0.111. The molecule has 0 aliphatic carbocycles. The number of carbonyl (C=O) groups excluding carboxylic acids is 1. The Labute approximate surface area is 399 Å². The summed E-state index contributed by atoms with van der Waals surface area (Å²) in [6, 6.07) is 28.0. The Morgan fingerprint density at radius 3 is 1.53 bits per heavy atom. The molecular weight excluding hydrogens is 883 g/mol. The Hall–Kier alpha value is -8.89. The van der Waals surface area contributed by atoms with E-state index in [9.17, 15) is 4.79 Å². The second kappa shape index (κ2) is 17.3. The maximum absolute atomic E-state index is 11.7. The molecule has 12 rings (SSSR count). The highest BCUT2D eigenvalue weighted by Crippen LogP contribution is 2.44. The van der Waals surface area contributed by atoms with Crippen LogP contribution in [-0.4, -0.2) is 89.7 Å². The Bertz CT molecular complexity index is 3990. The lowest BCUT2D eigenvalue weighted by Crippen LogP contribution is -2.13. The summed E-state index contributed by atoms with van der Waals surface area (Å²) in [6.45, 7) is 8.24. The summed E-state index contributed by atoms with van der Waals surface area (Å²) in [5.74, 6) is 3.71. The molecule has 0 aliphatic rings. The molecule has 0 radical (unpaired) electrons. The number of nitrogens with zero attached hydrogens (tertiary/aromatic N) is 9. The molecule has 16 nitrogen and oxygen atoms in total. The van der Waals surface area contributed by atoms with Crippen molar-refractivity contribution in [3.8, 4) is 56.3 Å². The molecule has 0 aliphatic heterocycles. The van der Waals surface area contributed by atoms with Crippen LogP contribution >= 0.6 is 0 Å². The highest BCUT2D eigenvalue weighted by molar-refractivity contribution is 6.17. The topological polar surface area (TPSA) is 200 Å². The van der Waals surface area contributed by atoms with Gasteiger partial charge in [0, 0.05) is 67.2 Å². The summed E-state index contributed by atoms with van der Waals surface area (Å²) >= 11 is 0. The minimum absolute atomic E-state index is 0.105. The molecule has 346 valence electrons. The van der Waals surface area contributed by atoms with Crippen LogP contribution in [0.1, 0.15) is 39.4 Å². The quantitative estimate of drug-likeness (QED) is 0.130. The molecule has 0 spiro atoms. The molecule has 0 bridgehead atoms. The highest BCUT2D eigenvalue weighted by Gasteiger charge is 2.24. The van der Waals surface area contributed by atoms with Crippen LogP contribution in [0.25, 0.3) is 110 Å². The molecule has 0 saturated carbocycles. The average molecular weight is 928 g/mol. The van der Waals surface area contributed by atoms with E-state index in [1.54, 1.807) is 20.4 Å². The van der Waals surface area contributed by atoms with Gasteiger partial charge in [0.1, 0.15) is 40.1 Å². The summed E-state index contributed by atoms with van der Waals surface area (Å²) in [7, 11) is 7.35. The molecule has 0 amide bonds. The first-order valence-electron chi connectivity index (χ1n) is 22.5. The van der Waals surface area contributed by atoms with Crippen LogP contribution in [0.4, 0.5) is 0 Å². The monoisotopic (exact) mass is 927 g/mol. The zero-order valence-corrected chi connectivity index (χ0v) is 39.6. The number of aldehydes is 1. The third-order valence-electron chi connectivity index (χ3n) is 12.6. The van der Waals surface area contributed by atoms with Crippen molar-refractivity contribution in [2.75, 3.05) is 28.3 Å². The number of benzene rings is 4. The zero-order chi connectivity index (χ0) is 48.4. The van der Waals surface area contributed by atoms with E-state index in [1.165, 1.54) is 0 Å². The number of methoxy groups -OCH3 is 2. The number of carbonyl (C=O) groups is 1. The molecule has 8 aromatic heterocycles. The van der Waals surface area contributed by atoms with Gasteiger partial charge in [0.25, 0.3) is 0 Å². The first kappa shape index (κ1) is 43.7. The molecule has 4 aromatic carbocycles. The lowest BCUT2D eigenvalue weighted by atomic mass is 9.99. The van der Waals surface area contributed by atoms with Crippen molar-refractivity contribution >= 4 is 72.0 Å². The molecule has 0 fully saturated rings. The normalized spacial score (nSPS) is 11.7.